The van der Waals surface area contributed by atoms with E-state index in [1.165, 1.54) is 10.4 Å². The van der Waals surface area contributed by atoms with Gasteiger partial charge in [0.25, 0.3) is 5.91 Å². The van der Waals surface area contributed by atoms with Crippen LogP contribution in [0.2, 0.25) is 0 Å². The highest BCUT2D eigenvalue weighted by molar-refractivity contribution is 7.89. The predicted molar refractivity (Wildman–Crippen MR) is 114 cm³/mol. The van der Waals surface area contributed by atoms with E-state index in [4.69, 9.17) is 4.74 Å². The number of amides is 1. The average Bonchev–Trinajstić information content (AvgIpc) is 2.70. The van der Waals surface area contributed by atoms with Crippen molar-refractivity contribution in [3.05, 3.63) is 53.6 Å². The van der Waals surface area contributed by atoms with E-state index < -0.39 is 10.0 Å². The van der Waals surface area contributed by atoms with Gasteiger partial charge in [-0.2, -0.15) is 4.31 Å². The number of nitrogens with one attached hydrogen (secondary N) is 1. The van der Waals surface area contributed by atoms with Crippen molar-refractivity contribution < 1.29 is 17.9 Å². The Morgan fingerprint density at radius 1 is 1.03 bits per heavy atom. The lowest BCUT2D eigenvalue weighted by atomic mass is 10.1. The molecule has 1 fully saturated rings. The molecule has 0 unspecified atom stereocenters. The van der Waals surface area contributed by atoms with Crippen LogP contribution in [0.4, 0.5) is 5.69 Å². The Kier molecular flexibility index (Phi) is 6.59. The van der Waals surface area contributed by atoms with Gasteiger partial charge in [0.2, 0.25) is 10.0 Å². The third-order valence-corrected chi connectivity index (χ3v) is 6.72. The van der Waals surface area contributed by atoms with E-state index in [1.54, 1.807) is 24.3 Å². The fourth-order valence-corrected chi connectivity index (χ4v) is 4.82. The zero-order valence-corrected chi connectivity index (χ0v) is 18.0. The summed E-state index contributed by atoms with van der Waals surface area (Å²) in [7, 11) is -3.61. The number of ether oxygens (including phenoxy) is 1. The molecule has 0 atom stereocenters. The van der Waals surface area contributed by atoms with Gasteiger partial charge in [-0.3, -0.25) is 4.79 Å². The molecule has 1 N–H and O–H groups in total. The number of sulfonamides is 1. The Labute approximate surface area is 172 Å². The molecule has 0 radical (unpaired) electrons. The fraction of sp³-hybridized carbons (Fsp3) is 0.409. The maximum Gasteiger partial charge on any atom is 0.255 e. The third-order valence-electron chi connectivity index (χ3n) is 4.83. The lowest BCUT2D eigenvalue weighted by Gasteiger charge is -2.26. The van der Waals surface area contributed by atoms with E-state index in [9.17, 15) is 13.2 Å². The summed E-state index contributed by atoms with van der Waals surface area (Å²) in [6, 6.07) is 11.8. The van der Waals surface area contributed by atoms with Crippen molar-refractivity contribution in [3.63, 3.8) is 0 Å². The van der Waals surface area contributed by atoms with Gasteiger partial charge in [-0.15, -0.1) is 0 Å². The molecule has 0 spiro atoms. The molecule has 2 aromatic carbocycles. The van der Waals surface area contributed by atoms with Gasteiger partial charge in [0.1, 0.15) is 5.75 Å². The summed E-state index contributed by atoms with van der Waals surface area (Å²) in [5, 5.41) is 2.82. The van der Waals surface area contributed by atoms with Crippen molar-refractivity contribution in [3.8, 4) is 5.75 Å². The standard InChI is InChI=1S/C22H28N2O4S/c1-16(2)28-21-12-11-19(29(26,27)24-13-5-4-6-14-24)15-20(21)23-22(25)18-9-7-17(3)8-10-18/h7-12,15-16H,4-6,13-14H2,1-3H3,(H,23,25). The van der Waals surface area contributed by atoms with E-state index in [0.717, 1.165) is 24.8 Å². The van der Waals surface area contributed by atoms with E-state index in [1.807, 2.05) is 32.9 Å². The minimum absolute atomic E-state index is 0.116. The Morgan fingerprint density at radius 2 is 1.69 bits per heavy atom. The van der Waals surface area contributed by atoms with Crippen LogP contribution in [0.15, 0.2) is 47.4 Å². The third kappa shape index (κ3) is 5.16. The Morgan fingerprint density at radius 3 is 2.31 bits per heavy atom. The van der Waals surface area contributed by atoms with Crippen molar-refractivity contribution in [1.29, 1.82) is 0 Å². The Balaban J connectivity index is 1.93. The molecule has 0 aromatic heterocycles. The molecule has 3 rings (SSSR count). The van der Waals surface area contributed by atoms with E-state index >= 15 is 0 Å². The lowest BCUT2D eigenvalue weighted by Crippen LogP contribution is -2.35. The van der Waals surface area contributed by atoms with Crippen LogP contribution < -0.4 is 10.1 Å². The monoisotopic (exact) mass is 416 g/mol. The second kappa shape index (κ2) is 8.97. The highest BCUT2D eigenvalue weighted by Gasteiger charge is 2.27. The van der Waals surface area contributed by atoms with Crippen LogP contribution in [0, 0.1) is 6.92 Å². The SMILES string of the molecule is Cc1ccc(C(=O)Nc2cc(S(=O)(=O)N3CCCCC3)ccc2OC(C)C)cc1. The van der Waals surface area contributed by atoms with Gasteiger partial charge >= 0.3 is 0 Å². The number of nitrogens with zero attached hydrogens (tertiary/aromatic N) is 1. The first-order valence-electron chi connectivity index (χ1n) is 9.96. The number of piperidine rings is 1. The van der Waals surface area contributed by atoms with Crippen LogP contribution in [-0.2, 0) is 10.0 Å². The van der Waals surface area contributed by atoms with Crippen LogP contribution in [0.3, 0.4) is 0 Å². The molecule has 29 heavy (non-hydrogen) atoms. The van der Waals surface area contributed by atoms with Gasteiger partial charge in [-0.1, -0.05) is 24.1 Å². The summed E-state index contributed by atoms with van der Waals surface area (Å²) >= 11 is 0. The fourth-order valence-electron chi connectivity index (χ4n) is 3.28. The Hall–Kier alpha value is -2.38. The number of benzene rings is 2. The highest BCUT2D eigenvalue weighted by Crippen LogP contribution is 2.31. The van der Waals surface area contributed by atoms with Crippen LogP contribution in [0.25, 0.3) is 0 Å². The largest absolute Gasteiger partial charge is 0.489 e. The maximum absolute atomic E-state index is 13.0. The molecule has 0 bridgehead atoms. The molecule has 1 amide bonds. The van der Waals surface area contributed by atoms with Crippen LogP contribution >= 0.6 is 0 Å². The smallest absolute Gasteiger partial charge is 0.255 e. The maximum atomic E-state index is 13.0. The quantitative estimate of drug-likeness (QED) is 0.765. The minimum Gasteiger partial charge on any atom is -0.489 e. The number of carbonyl (C=O) groups excluding carboxylic acids is 1. The molecule has 1 aliphatic rings. The van der Waals surface area contributed by atoms with E-state index in [-0.39, 0.29) is 16.9 Å². The summed E-state index contributed by atoms with van der Waals surface area (Å²) in [5.41, 5.74) is 1.90. The second-order valence-electron chi connectivity index (χ2n) is 7.61. The first kappa shape index (κ1) is 21.3. The normalized spacial score (nSPS) is 15.3. The number of aryl methyl sites for hydroxylation is 1. The van der Waals surface area contributed by atoms with Gasteiger partial charge < -0.3 is 10.1 Å². The van der Waals surface area contributed by atoms with Gasteiger partial charge in [0.15, 0.2) is 0 Å². The summed E-state index contributed by atoms with van der Waals surface area (Å²) in [5.74, 6) is 0.129. The zero-order valence-electron chi connectivity index (χ0n) is 17.1. The average molecular weight is 417 g/mol. The molecule has 7 heteroatoms. The number of anilines is 1. The van der Waals surface area contributed by atoms with Gasteiger partial charge in [0.05, 0.1) is 16.7 Å². The molecule has 1 aliphatic heterocycles. The van der Waals surface area contributed by atoms with Gasteiger partial charge in [-0.25, -0.2) is 8.42 Å². The molecule has 0 aliphatic carbocycles. The zero-order chi connectivity index (χ0) is 21.0. The number of carbonyl (C=O) groups is 1. The molecular weight excluding hydrogens is 388 g/mol. The Bertz CT molecular complexity index is 963. The van der Waals surface area contributed by atoms with E-state index in [0.29, 0.717) is 30.1 Å². The number of rotatable bonds is 6. The van der Waals surface area contributed by atoms with Crippen molar-refractivity contribution in [2.75, 3.05) is 18.4 Å². The van der Waals surface area contributed by atoms with Crippen molar-refractivity contribution in [2.24, 2.45) is 0 Å². The van der Waals surface area contributed by atoms with Gasteiger partial charge in [-0.05, 0) is 63.9 Å². The molecular formula is C22H28N2O4S. The van der Waals surface area contributed by atoms with Crippen molar-refractivity contribution >= 4 is 21.6 Å². The summed E-state index contributed by atoms with van der Waals surface area (Å²) in [4.78, 5) is 12.9. The van der Waals surface area contributed by atoms with Crippen molar-refractivity contribution in [2.45, 2.75) is 51.0 Å². The van der Waals surface area contributed by atoms with Crippen LogP contribution in [0.1, 0.15) is 49.0 Å². The molecule has 1 saturated heterocycles. The second-order valence-corrected chi connectivity index (χ2v) is 9.55. The van der Waals surface area contributed by atoms with Crippen LogP contribution in [0.5, 0.6) is 5.75 Å². The van der Waals surface area contributed by atoms with Crippen LogP contribution in [-0.4, -0.2) is 37.8 Å². The lowest BCUT2D eigenvalue weighted by molar-refractivity contribution is 0.102. The van der Waals surface area contributed by atoms with Gasteiger partial charge in [0, 0.05) is 18.7 Å². The number of hydrogen-bond acceptors (Lipinski definition) is 4. The predicted octanol–water partition coefficient (Wildman–Crippen LogP) is 4.21. The summed E-state index contributed by atoms with van der Waals surface area (Å²) in [6.45, 7) is 6.76. The summed E-state index contributed by atoms with van der Waals surface area (Å²) < 4.78 is 33.4. The first-order valence-corrected chi connectivity index (χ1v) is 11.4. The summed E-state index contributed by atoms with van der Waals surface area (Å²) in [6.07, 6.45) is 2.66. The molecule has 0 saturated carbocycles. The van der Waals surface area contributed by atoms with Crippen molar-refractivity contribution in [1.82, 2.24) is 4.31 Å². The topological polar surface area (TPSA) is 75.7 Å². The highest BCUT2D eigenvalue weighted by atomic mass is 32.2. The molecule has 1 heterocycles. The molecule has 6 nitrogen and oxygen atoms in total. The molecule has 2 aromatic rings. The van der Waals surface area contributed by atoms with E-state index in [2.05, 4.69) is 5.32 Å². The molecule has 156 valence electrons. The number of hydrogen-bond donors (Lipinski definition) is 1. The minimum atomic E-state index is -3.61. The first-order chi connectivity index (χ1) is 13.8.